The predicted octanol–water partition coefficient (Wildman–Crippen LogP) is 2.94. The second-order valence-corrected chi connectivity index (χ2v) is 4.43. The molecule has 1 heterocycles. The maximum atomic E-state index is 11.5. The Morgan fingerprint density at radius 2 is 2.42 bits per heavy atom. The number of hydrogen-bond donors (Lipinski definition) is 1. The fourth-order valence-electron chi connectivity index (χ4n) is 1.42. The van der Waals surface area contributed by atoms with Crippen molar-refractivity contribution in [3.63, 3.8) is 0 Å². The molecule has 0 fully saturated rings. The van der Waals surface area contributed by atoms with Gasteiger partial charge in [-0.05, 0) is 25.1 Å². The van der Waals surface area contributed by atoms with E-state index in [1.54, 1.807) is 30.5 Å². The maximum Gasteiger partial charge on any atom is 0.357 e. The lowest BCUT2D eigenvalue weighted by Crippen LogP contribution is -2.04. The number of carbonyl (C=O) groups is 1. The van der Waals surface area contributed by atoms with Crippen LogP contribution in [0.4, 0.5) is 10.8 Å². The number of rotatable bonds is 4. The van der Waals surface area contributed by atoms with Gasteiger partial charge in [-0.1, -0.05) is 6.07 Å². The van der Waals surface area contributed by atoms with E-state index in [1.165, 1.54) is 11.3 Å². The molecule has 0 spiro atoms. The van der Waals surface area contributed by atoms with Crippen LogP contribution >= 0.6 is 11.3 Å². The van der Waals surface area contributed by atoms with E-state index in [1.807, 2.05) is 6.07 Å². The number of carbonyl (C=O) groups excluding carboxylic acids is 1. The average molecular weight is 273 g/mol. The molecule has 6 heteroatoms. The zero-order chi connectivity index (χ0) is 13.7. The zero-order valence-electron chi connectivity index (χ0n) is 10.2. The summed E-state index contributed by atoms with van der Waals surface area (Å²) in [6.07, 6.45) is 0. The molecule has 96 valence electrons. The van der Waals surface area contributed by atoms with Gasteiger partial charge in [0.25, 0.3) is 0 Å². The molecule has 0 aliphatic carbocycles. The topological polar surface area (TPSA) is 75.0 Å². The highest BCUT2D eigenvalue weighted by Gasteiger charge is 2.11. The lowest BCUT2D eigenvalue weighted by Gasteiger charge is -2.02. The molecule has 19 heavy (non-hydrogen) atoms. The highest BCUT2D eigenvalue weighted by molar-refractivity contribution is 7.14. The van der Waals surface area contributed by atoms with Crippen LogP contribution in [0.15, 0.2) is 29.6 Å². The molecule has 0 saturated heterocycles. The van der Waals surface area contributed by atoms with E-state index in [2.05, 4.69) is 16.4 Å². The molecule has 0 atom stereocenters. The van der Waals surface area contributed by atoms with Crippen LogP contribution < -0.4 is 5.32 Å². The van der Waals surface area contributed by atoms with Gasteiger partial charge in [0.1, 0.15) is 0 Å². The normalized spacial score (nSPS) is 9.68. The summed E-state index contributed by atoms with van der Waals surface area (Å²) in [5.74, 6) is -0.433. The van der Waals surface area contributed by atoms with Crippen molar-refractivity contribution >= 4 is 28.1 Å². The van der Waals surface area contributed by atoms with Crippen LogP contribution in [0.2, 0.25) is 0 Å². The lowest BCUT2D eigenvalue weighted by molar-refractivity contribution is 0.0520. The van der Waals surface area contributed by atoms with E-state index in [0.717, 1.165) is 5.69 Å². The number of nitriles is 1. The highest BCUT2D eigenvalue weighted by Crippen LogP contribution is 2.21. The summed E-state index contributed by atoms with van der Waals surface area (Å²) >= 11 is 1.31. The molecule has 1 N–H and O–H groups in total. The van der Waals surface area contributed by atoms with E-state index in [9.17, 15) is 4.79 Å². The minimum absolute atomic E-state index is 0.283. The summed E-state index contributed by atoms with van der Waals surface area (Å²) in [6.45, 7) is 2.07. The van der Waals surface area contributed by atoms with Crippen molar-refractivity contribution in [3.05, 3.63) is 40.9 Å². The van der Waals surface area contributed by atoms with E-state index >= 15 is 0 Å². The summed E-state index contributed by atoms with van der Waals surface area (Å²) in [4.78, 5) is 15.6. The number of benzene rings is 1. The summed E-state index contributed by atoms with van der Waals surface area (Å²) in [6, 6.07) is 9.10. The van der Waals surface area contributed by atoms with Gasteiger partial charge in [0.2, 0.25) is 0 Å². The minimum atomic E-state index is -0.433. The van der Waals surface area contributed by atoms with Gasteiger partial charge in [0.15, 0.2) is 10.8 Å². The van der Waals surface area contributed by atoms with E-state index in [-0.39, 0.29) is 5.69 Å². The monoisotopic (exact) mass is 273 g/mol. The first kappa shape index (κ1) is 13.1. The minimum Gasteiger partial charge on any atom is -0.461 e. The third kappa shape index (κ3) is 3.30. The number of nitrogens with zero attached hydrogens (tertiary/aromatic N) is 2. The van der Waals surface area contributed by atoms with E-state index < -0.39 is 5.97 Å². The molecule has 1 aromatic carbocycles. The van der Waals surface area contributed by atoms with Gasteiger partial charge in [0, 0.05) is 11.1 Å². The Morgan fingerprint density at radius 1 is 1.58 bits per heavy atom. The van der Waals surface area contributed by atoms with Crippen LogP contribution in [-0.4, -0.2) is 17.6 Å². The molecule has 0 bridgehead atoms. The third-order valence-electron chi connectivity index (χ3n) is 2.23. The first-order valence-corrected chi connectivity index (χ1v) is 6.50. The molecule has 0 unspecified atom stereocenters. The number of hydrogen-bond acceptors (Lipinski definition) is 6. The summed E-state index contributed by atoms with van der Waals surface area (Å²) in [7, 11) is 0. The number of anilines is 2. The summed E-state index contributed by atoms with van der Waals surface area (Å²) in [5.41, 5.74) is 1.60. The molecule has 0 aliphatic rings. The van der Waals surface area contributed by atoms with Crippen molar-refractivity contribution in [2.75, 3.05) is 11.9 Å². The highest BCUT2D eigenvalue weighted by atomic mass is 32.1. The molecule has 0 aliphatic heterocycles. The average Bonchev–Trinajstić information content (AvgIpc) is 2.88. The predicted molar refractivity (Wildman–Crippen MR) is 72.5 cm³/mol. The first-order chi connectivity index (χ1) is 9.22. The number of nitrogens with one attached hydrogen (secondary N) is 1. The van der Waals surface area contributed by atoms with Gasteiger partial charge < -0.3 is 10.1 Å². The number of thiazole rings is 1. The van der Waals surface area contributed by atoms with Crippen molar-refractivity contribution in [2.24, 2.45) is 0 Å². The Labute approximate surface area is 114 Å². The number of ether oxygens (including phenoxy) is 1. The van der Waals surface area contributed by atoms with Crippen molar-refractivity contribution in [2.45, 2.75) is 6.92 Å². The van der Waals surface area contributed by atoms with Gasteiger partial charge in [-0.2, -0.15) is 5.26 Å². The SMILES string of the molecule is CCOC(=O)c1csc(Nc2cccc(C#N)c2)n1. The van der Waals surface area contributed by atoms with Crippen molar-refractivity contribution in [1.82, 2.24) is 4.98 Å². The Morgan fingerprint density at radius 3 is 3.16 bits per heavy atom. The summed E-state index contributed by atoms with van der Waals surface area (Å²) < 4.78 is 4.86. The van der Waals surface area contributed by atoms with Crippen LogP contribution in [0.25, 0.3) is 0 Å². The fourth-order valence-corrected chi connectivity index (χ4v) is 2.12. The van der Waals surface area contributed by atoms with Crippen LogP contribution in [0.3, 0.4) is 0 Å². The Balaban J connectivity index is 2.11. The fraction of sp³-hybridized carbons (Fsp3) is 0.154. The van der Waals surface area contributed by atoms with Gasteiger partial charge in [0.05, 0.1) is 18.2 Å². The molecule has 0 saturated carbocycles. The molecular formula is C13H11N3O2S. The van der Waals surface area contributed by atoms with Crippen LogP contribution in [0.1, 0.15) is 23.0 Å². The zero-order valence-corrected chi connectivity index (χ0v) is 11.0. The number of aromatic nitrogens is 1. The molecule has 1 aromatic heterocycles. The smallest absolute Gasteiger partial charge is 0.357 e. The Kier molecular flexibility index (Phi) is 4.11. The van der Waals surface area contributed by atoms with Crippen molar-refractivity contribution in [1.29, 1.82) is 5.26 Å². The van der Waals surface area contributed by atoms with Crippen LogP contribution in [-0.2, 0) is 4.74 Å². The van der Waals surface area contributed by atoms with E-state index in [4.69, 9.17) is 10.00 Å². The molecule has 0 amide bonds. The second kappa shape index (κ2) is 5.98. The second-order valence-electron chi connectivity index (χ2n) is 3.58. The van der Waals surface area contributed by atoms with Gasteiger partial charge in [-0.3, -0.25) is 0 Å². The van der Waals surface area contributed by atoms with Gasteiger partial charge in [-0.15, -0.1) is 11.3 Å². The molecule has 5 nitrogen and oxygen atoms in total. The van der Waals surface area contributed by atoms with Crippen molar-refractivity contribution in [3.8, 4) is 6.07 Å². The molecular weight excluding hydrogens is 262 g/mol. The van der Waals surface area contributed by atoms with Gasteiger partial charge in [-0.25, -0.2) is 9.78 Å². The molecule has 2 aromatic rings. The Bertz CT molecular complexity index is 631. The largest absolute Gasteiger partial charge is 0.461 e. The van der Waals surface area contributed by atoms with Crippen LogP contribution in [0, 0.1) is 11.3 Å². The van der Waals surface area contributed by atoms with Crippen molar-refractivity contribution < 1.29 is 9.53 Å². The number of esters is 1. The lowest BCUT2D eigenvalue weighted by atomic mass is 10.2. The maximum absolute atomic E-state index is 11.5. The molecule has 0 radical (unpaired) electrons. The third-order valence-corrected chi connectivity index (χ3v) is 2.99. The first-order valence-electron chi connectivity index (χ1n) is 5.62. The Hall–Kier alpha value is -2.39. The quantitative estimate of drug-likeness (QED) is 0.867. The standard InChI is InChI=1S/C13H11N3O2S/c1-2-18-12(17)11-8-19-13(16-11)15-10-5-3-4-9(6-10)7-14/h3-6,8H,2H2,1H3,(H,15,16). The van der Waals surface area contributed by atoms with Crippen LogP contribution in [0.5, 0.6) is 0 Å². The van der Waals surface area contributed by atoms with Gasteiger partial charge >= 0.3 is 5.97 Å². The summed E-state index contributed by atoms with van der Waals surface area (Å²) in [5, 5.41) is 14.1. The van der Waals surface area contributed by atoms with E-state index in [0.29, 0.717) is 17.3 Å². The molecule has 2 rings (SSSR count).